The first-order valence-electron chi connectivity index (χ1n) is 12.8. The molecule has 4 aliphatic rings. The highest BCUT2D eigenvalue weighted by molar-refractivity contribution is 6.34. The molecular weight excluding hydrogens is 531 g/mol. The second-order valence-corrected chi connectivity index (χ2v) is 11.0. The molecule has 0 saturated carbocycles. The van der Waals surface area contributed by atoms with Gasteiger partial charge in [-0.3, -0.25) is 14.4 Å². The van der Waals surface area contributed by atoms with Crippen molar-refractivity contribution in [2.24, 2.45) is 11.8 Å². The van der Waals surface area contributed by atoms with Crippen LogP contribution < -0.4 is 0 Å². The van der Waals surface area contributed by atoms with Crippen molar-refractivity contribution in [2.75, 3.05) is 0 Å². The molecule has 1 saturated heterocycles. The number of halogens is 2. The first-order valence-corrected chi connectivity index (χ1v) is 13.6. The Bertz CT molecular complexity index is 1570. The number of hydrogen-bond acceptors (Lipinski definition) is 3. The summed E-state index contributed by atoms with van der Waals surface area (Å²) in [5.41, 5.74) is 5.10. The monoisotopic (exact) mass is 552 g/mol. The van der Waals surface area contributed by atoms with Crippen molar-refractivity contribution < 1.29 is 14.4 Å². The maximum Gasteiger partial charge on any atom is 0.274 e. The standard InChI is InChI=1S/C32H22Cl2N2O3/c33-24-15-7-1-9-18(24)17-35(30(37)23-14-6-8-16-25(23)34)36-31(38)28-26-19-10-2-3-11-20(19)27(29(28)32(36)39)22-13-5-4-12-21(22)26/h1-16,26-29H,17H2/t26?,27?,28-,29+. The molecule has 1 fully saturated rings. The van der Waals surface area contributed by atoms with Gasteiger partial charge in [0, 0.05) is 16.9 Å². The molecule has 2 atom stereocenters. The molecule has 0 aromatic heterocycles. The van der Waals surface area contributed by atoms with E-state index in [2.05, 4.69) is 24.3 Å². The summed E-state index contributed by atoms with van der Waals surface area (Å²) in [5.74, 6) is -3.06. The van der Waals surface area contributed by atoms with Crippen LogP contribution in [0.25, 0.3) is 0 Å². The van der Waals surface area contributed by atoms with E-state index in [0.717, 1.165) is 27.3 Å². The third kappa shape index (κ3) is 3.50. The van der Waals surface area contributed by atoms with Gasteiger partial charge >= 0.3 is 0 Å². The Morgan fingerprint density at radius 3 is 1.56 bits per heavy atom. The molecule has 3 aliphatic carbocycles. The second kappa shape index (κ2) is 9.08. The van der Waals surface area contributed by atoms with Crippen LogP contribution in [-0.4, -0.2) is 27.7 Å². The van der Waals surface area contributed by atoms with Crippen LogP contribution in [-0.2, 0) is 16.1 Å². The van der Waals surface area contributed by atoms with E-state index < -0.39 is 17.7 Å². The molecule has 0 radical (unpaired) electrons. The molecule has 0 N–H and O–H groups in total. The zero-order chi connectivity index (χ0) is 26.8. The first kappa shape index (κ1) is 24.1. The van der Waals surface area contributed by atoms with Crippen molar-refractivity contribution >= 4 is 40.9 Å². The predicted octanol–water partition coefficient (Wildman–Crippen LogP) is 6.44. The molecule has 0 unspecified atom stereocenters. The van der Waals surface area contributed by atoms with Crippen LogP contribution in [0.1, 0.15) is 50.0 Å². The Hall–Kier alpha value is -3.93. The quantitative estimate of drug-likeness (QED) is 0.273. The van der Waals surface area contributed by atoms with E-state index in [9.17, 15) is 14.4 Å². The minimum absolute atomic E-state index is 0.0596. The molecule has 4 aromatic carbocycles. The fraction of sp³-hybridized carbons (Fsp3) is 0.156. The van der Waals surface area contributed by atoms with E-state index in [0.29, 0.717) is 10.6 Å². The van der Waals surface area contributed by atoms with Gasteiger partial charge in [0.05, 0.1) is 29.0 Å². The molecule has 2 bridgehead atoms. The zero-order valence-electron chi connectivity index (χ0n) is 20.6. The van der Waals surface area contributed by atoms with Crippen LogP contribution in [0.3, 0.4) is 0 Å². The number of hydrazine groups is 1. The average molecular weight is 553 g/mol. The van der Waals surface area contributed by atoms with Gasteiger partial charge in [0.1, 0.15) is 0 Å². The van der Waals surface area contributed by atoms with Crippen LogP contribution >= 0.6 is 23.2 Å². The number of amides is 3. The molecule has 4 aromatic rings. The molecule has 1 aliphatic heterocycles. The normalized spacial score (nSPS) is 22.4. The highest BCUT2D eigenvalue weighted by Crippen LogP contribution is 2.61. The Kier molecular flexibility index (Phi) is 5.62. The van der Waals surface area contributed by atoms with Crippen molar-refractivity contribution in [3.8, 4) is 0 Å². The van der Waals surface area contributed by atoms with Crippen molar-refractivity contribution in [3.05, 3.63) is 140 Å². The minimum atomic E-state index is -0.611. The molecule has 8 rings (SSSR count). The minimum Gasteiger partial charge on any atom is -0.272 e. The van der Waals surface area contributed by atoms with E-state index in [1.54, 1.807) is 48.5 Å². The van der Waals surface area contributed by atoms with Crippen LogP contribution in [0.15, 0.2) is 97.1 Å². The fourth-order valence-corrected chi connectivity index (χ4v) is 7.11. The van der Waals surface area contributed by atoms with Crippen LogP contribution in [0, 0.1) is 11.8 Å². The van der Waals surface area contributed by atoms with E-state index >= 15 is 0 Å². The molecule has 7 heteroatoms. The number of carbonyl (C=O) groups is 3. The molecule has 39 heavy (non-hydrogen) atoms. The lowest BCUT2D eigenvalue weighted by molar-refractivity contribution is -0.155. The van der Waals surface area contributed by atoms with Crippen LogP contribution in [0.4, 0.5) is 0 Å². The summed E-state index contributed by atoms with van der Waals surface area (Å²) in [4.78, 5) is 42.7. The molecule has 0 spiro atoms. The molecule has 3 amide bonds. The van der Waals surface area contributed by atoms with Crippen molar-refractivity contribution in [3.63, 3.8) is 0 Å². The Morgan fingerprint density at radius 1 is 0.641 bits per heavy atom. The van der Waals surface area contributed by atoms with Crippen molar-refractivity contribution in [1.29, 1.82) is 0 Å². The van der Waals surface area contributed by atoms with Gasteiger partial charge in [0.2, 0.25) is 0 Å². The van der Waals surface area contributed by atoms with Gasteiger partial charge in [-0.2, -0.15) is 5.01 Å². The summed E-state index contributed by atoms with van der Waals surface area (Å²) in [6.07, 6.45) is 0. The van der Waals surface area contributed by atoms with Crippen LogP contribution in [0.2, 0.25) is 10.0 Å². The Labute approximate surface area is 235 Å². The number of imide groups is 1. The summed E-state index contributed by atoms with van der Waals surface area (Å²) in [5, 5.41) is 2.97. The Morgan fingerprint density at radius 2 is 1.08 bits per heavy atom. The number of nitrogens with zero attached hydrogens (tertiary/aromatic N) is 2. The highest BCUT2D eigenvalue weighted by Gasteiger charge is 2.63. The molecule has 1 heterocycles. The lowest BCUT2D eigenvalue weighted by Gasteiger charge is -2.45. The van der Waals surface area contributed by atoms with Gasteiger partial charge in [-0.25, -0.2) is 5.01 Å². The molecule has 5 nitrogen and oxygen atoms in total. The zero-order valence-corrected chi connectivity index (χ0v) is 22.1. The van der Waals surface area contributed by atoms with E-state index in [4.69, 9.17) is 23.2 Å². The predicted molar refractivity (Wildman–Crippen MR) is 148 cm³/mol. The third-order valence-electron chi connectivity index (χ3n) is 8.28. The summed E-state index contributed by atoms with van der Waals surface area (Å²) in [6.45, 7) is -0.0596. The van der Waals surface area contributed by atoms with E-state index in [-0.39, 0.29) is 40.8 Å². The topological polar surface area (TPSA) is 57.7 Å². The van der Waals surface area contributed by atoms with Gasteiger partial charge < -0.3 is 0 Å². The third-order valence-corrected chi connectivity index (χ3v) is 8.98. The average Bonchev–Trinajstić information content (AvgIpc) is 3.22. The van der Waals surface area contributed by atoms with Crippen LogP contribution in [0.5, 0.6) is 0 Å². The van der Waals surface area contributed by atoms with Gasteiger partial charge in [-0.1, -0.05) is 102 Å². The van der Waals surface area contributed by atoms with Gasteiger partial charge in [-0.05, 0) is 46.0 Å². The number of hydrogen-bond donors (Lipinski definition) is 0. The maximum absolute atomic E-state index is 14.3. The fourth-order valence-electron chi connectivity index (χ4n) is 6.69. The maximum atomic E-state index is 14.3. The SMILES string of the molecule is O=C(c1ccccc1Cl)N(Cc1ccccc1Cl)N1C(=O)[C@@H]2C3c4ccccc4C(c4ccccc43)[C@@H]2C1=O. The summed E-state index contributed by atoms with van der Waals surface area (Å²) >= 11 is 12.9. The lowest BCUT2D eigenvalue weighted by atomic mass is 9.55. The largest absolute Gasteiger partial charge is 0.274 e. The summed E-state index contributed by atoms with van der Waals surface area (Å²) < 4.78 is 0. The van der Waals surface area contributed by atoms with Crippen molar-refractivity contribution in [1.82, 2.24) is 10.0 Å². The van der Waals surface area contributed by atoms with Gasteiger partial charge in [-0.15, -0.1) is 0 Å². The number of carbonyl (C=O) groups excluding carboxylic acids is 3. The molecule has 192 valence electrons. The number of benzene rings is 4. The highest BCUT2D eigenvalue weighted by atomic mass is 35.5. The summed E-state index contributed by atoms with van der Waals surface area (Å²) in [7, 11) is 0. The molecular formula is C32H22Cl2N2O3. The Balaban J connectivity index is 1.37. The van der Waals surface area contributed by atoms with Crippen molar-refractivity contribution in [2.45, 2.75) is 18.4 Å². The smallest absolute Gasteiger partial charge is 0.272 e. The van der Waals surface area contributed by atoms with Gasteiger partial charge in [0.25, 0.3) is 17.7 Å². The lowest BCUT2D eigenvalue weighted by Crippen LogP contribution is -2.50. The second-order valence-electron chi connectivity index (χ2n) is 10.2. The van der Waals surface area contributed by atoms with Gasteiger partial charge in [0.15, 0.2) is 0 Å². The summed E-state index contributed by atoms with van der Waals surface area (Å²) in [6, 6.07) is 29.8. The number of rotatable bonds is 4. The van der Waals surface area contributed by atoms with E-state index in [1.165, 1.54) is 5.01 Å². The first-order chi connectivity index (χ1) is 19.0. The van der Waals surface area contributed by atoms with E-state index in [1.807, 2.05) is 24.3 Å².